The second-order valence-electron chi connectivity index (χ2n) is 5.12. The molecule has 1 unspecified atom stereocenters. The van der Waals surface area contributed by atoms with Crippen molar-refractivity contribution in [2.75, 3.05) is 4.90 Å². The fraction of sp³-hybridized carbons (Fsp3) is 0.125. The number of carbonyl (C=O) groups excluding carboxylic acids is 3. The van der Waals surface area contributed by atoms with Crippen LogP contribution in [0.2, 0.25) is 0 Å². The van der Waals surface area contributed by atoms with Crippen LogP contribution in [0.3, 0.4) is 0 Å². The number of amides is 3. The van der Waals surface area contributed by atoms with Gasteiger partial charge in [0.1, 0.15) is 17.6 Å². The zero-order valence-electron chi connectivity index (χ0n) is 12.4. The molecule has 1 aromatic carbocycles. The molecule has 3 rings (SSSR count). The van der Waals surface area contributed by atoms with E-state index in [1.807, 2.05) is 0 Å². The van der Waals surface area contributed by atoms with Crippen molar-refractivity contribution in [3.8, 4) is 0 Å². The molecule has 122 valence electrons. The summed E-state index contributed by atoms with van der Waals surface area (Å²) in [5.74, 6) is -2.12. The molecule has 24 heavy (non-hydrogen) atoms. The molecule has 1 atom stereocenters. The first-order valence-corrected chi connectivity index (χ1v) is 7.15. The lowest BCUT2D eigenvalue weighted by Gasteiger charge is -2.15. The van der Waals surface area contributed by atoms with Crippen LogP contribution >= 0.6 is 0 Å². The molecule has 0 radical (unpaired) electrons. The monoisotopic (exact) mass is 328 g/mol. The van der Waals surface area contributed by atoms with Crippen molar-refractivity contribution >= 4 is 23.4 Å². The summed E-state index contributed by atoms with van der Waals surface area (Å²) in [5, 5.41) is 0. The Balaban J connectivity index is 1.67. The van der Waals surface area contributed by atoms with Crippen LogP contribution < -0.4 is 15.8 Å². The number of nitrogens with one attached hydrogen (secondary N) is 2. The smallest absolute Gasteiger partial charge is 0.283 e. The Bertz CT molecular complexity index is 797. The molecule has 7 nitrogen and oxygen atoms in total. The largest absolute Gasteiger partial charge is 0.285 e. The number of aromatic nitrogens is 1. The number of halogens is 1. The molecule has 2 N–H and O–H groups in total. The molecule has 0 spiro atoms. The second kappa shape index (κ2) is 6.55. The van der Waals surface area contributed by atoms with Crippen molar-refractivity contribution in [2.45, 2.75) is 12.5 Å². The van der Waals surface area contributed by atoms with Gasteiger partial charge in [0.25, 0.3) is 11.8 Å². The van der Waals surface area contributed by atoms with Crippen molar-refractivity contribution in [1.82, 2.24) is 15.8 Å². The number of benzene rings is 1. The summed E-state index contributed by atoms with van der Waals surface area (Å²) in [4.78, 5) is 41.0. The number of hydrogen-bond acceptors (Lipinski definition) is 5. The molecule has 1 fully saturated rings. The minimum Gasteiger partial charge on any atom is -0.285 e. The van der Waals surface area contributed by atoms with Gasteiger partial charge in [-0.15, -0.1) is 0 Å². The van der Waals surface area contributed by atoms with Crippen LogP contribution in [0.5, 0.6) is 0 Å². The number of imide groups is 1. The highest BCUT2D eigenvalue weighted by molar-refractivity contribution is 6.22. The van der Waals surface area contributed by atoms with Gasteiger partial charge in [-0.05, 0) is 30.3 Å². The predicted molar refractivity (Wildman–Crippen MR) is 82.1 cm³/mol. The lowest BCUT2D eigenvalue weighted by molar-refractivity contribution is -0.121. The van der Waals surface area contributed by atoms with E-state index < -0.39 is 29.6 Å². The van der Waals surface area contributed by atoms with E-state index in [9.17, 15) is 18.8 Å². The number of anilines is 1. The molecular formula is C16H13FN4O3. The Hall–Kier alpha value is -3.13. The SMILES string of the molecule is O=C(NNC1CC(=O)N(c2cccc(F)c2)C1=O)c1ccccn1. The molecule has 2 aromatic rings. The van der Waals surface area contributed by atoms with Gasteiger partial charge in [0.2, 0.25) is 5.91 Å². The maximum atomic E-state index is 13.3. The highest BCUT2D eigenvalue weighted by Gasteiger charge is 2.39. The standard InChI is InChI=1S/C16H13FN4O3/c17-10-4-3-5-11(8-10)21-14(22)9-13(16(21)24)19-20-15(23)12-6-1-2-7-18-12/h1-8,13,19H,9H2,(H,20,23). The maximum Gasteiger partial charge on any atom is 0.283 e. The fourth-order valence-electron chi connectivity index (χ4n) is 2.34. The van der Waals surface area contributed by atoms with Gasteiger partial charge >= 0.3 is 0 Å². The van der Waals surface area contributed by atoms with Crippen LogP contribution in [-0.4, -0.2) is 28.7 Å². The third kappa shape index (κ3) is 3.13. The average molecular weight is 328 g/mol. The van der Waals surface area contributed by atoms with Gasteiger partial charge in [0.15, 0.2) is 0 Å². The molecule has 1 aliphatic heterocycles. The summed E-state index contributed by atoms with van der Waals surface area (Å²) < 4.78 is 13.3. The van der Waals surface area contributed by atoms with Gasteiger partial charge in [-0.25, -0.2) is 14.7 Å². The highest BCUT2D eigenvalue weighted by Crippen LogP contribution is 2.23. The molecule has 1 saturated heterocycles. The summed E-state index contributed by atoms with van der Waals surface area (Å²) in [6.45, 7) is 0. The second-order valence-corrected chi connectivity index (χ2v) is 5.12. The number of hydrazine groups is 1. The first kappa shape index (κ1) is 15.8. The Morgan fingerprint density at radius 3 is 2.75 bits per heavy atom. The van der Waals surface area contributed by atoms with Crippen LogP contribution in [0.1, 0.15) is 16.9 Å². The van der Waals surface area contributed by atoms with Gasteiger partial charge in [-0.1, -0.05) is 12.1 Å². The van der Waals surface area contributed by atoms with E-state index in [2.05, 4.69) is 15.8 Å². The predicted octanol–water partition coefficient (Wildman–Crippen LogP) is 0.787. The highest BCUT2D eigenvalue weighted by atomic mass is 19.1. The van der Waals surface area contributed by atoms with E-state index in [-0.39, 0.29) is 17.8 Å². The third-order valence-corrected chi connectivity index (χ3v) is 3.47. The Morgan fingerprint density at radius 1 is 1.21 bits per heavy atom. The van der Waals surface area contributed by atoms with Crippen LogP contribution in [-0.2, 0) is 9.59 Å². The van der Waals surface area contributed by atoms with Crippen molar-refractivity contribution in [2.24, 2.45) is 0 Å². The number of hydrogen-bond donors (Lipinski definition) is 2. The van der Waals surface area contributed by atoms with Crippen molar-refractivity contribution in [1.29, 1.82) is 0 Å². The number of pyridine rings is 1. The quantitative estimate of drug-likeness (QED) is 0.639. The molecule has 2 heterocycles. The molecule has 1 aromatic heterocycles. The van der Waals surface area contributed by atoms with E-state index in [1.54, 1.807) is 12.1 Å². The van der Waals surface area contributed by atoms with Crippen LogP contribution in [0.25, 0.3) is 0 Å². The van der Waals surface area contributed by atoms with Crippen molar-refractivity contribution < 1.29 is 18.8 Å². The van der Waals surface area contributed by atoms with Gasteiger partial charge in [-0.2, -0.15) is 0 Å². The van der Waals surface area contributed by atoms with E-state index >= 15 is 0 Å². The molecular weight excluding hydrogens is 315 g/mol. The Morgan fingerprint density at radius 2 is 2.04 bits per heavy atom. The van der Waals surface area contributed by atoms with Gasteiger partial charge in [0, 0.05) is 6.20 Å². The Labute approximate surface area is 136 Å². The Kier molecular flexibility index (Phi) is 4.30. The summed E-state index contributed by atoms with van der Waals surface area (Å²) >= 11 is 0. The van der Waals surface area contributed by atoms with Gasteiger partial charge < -0.3 is 0 Å². The minimum atomic E-state index is -0.923. The van der Waals surface area contributed by atoms with E-state index in [1.165, 1.54) is 30.5 Å². The van der Waals surface area contributed by atoms with Crippen LogP contribution in [0.4, 0.5) is 10.1 Å². The topological polar surface area (TPSA) is 91.4 Å². The molecule has 0 saturated carbocycles. The number of nitrogens with zero attached hydrogens (tertiary/aromatic N) is 2. The maximum absolute atomic E-state index is 13.3. The van der Waals surface area contributed by atoms with Crippen molar-refractivity contribution in [3.63, 3.8) is 0 Å². The third-order valence-electron chi connectivity index (χ3n) is 3.47. The fourth-order valence-corrected chi connectivity index (χ4v) is 2.34. The first-order chi connectivity index (χ1) is 11.6. The number of carbonyl (C=O) groups is 3. The van der Waals surface area contributed by atoms with Crippen LogP contribution in [0.15, 0.2) is 48.7 Å². The van der Waals surface area contributed by atoms with Crippen LogP contribution in [0, 0.1) is 5.82 Å². The summed E-state index contributed by atoms with van der Waals surface area (Å²) in [7, 11) is 0. The summed E-state index contributed by atoms with van der Waals surface area (Å²) in [6, 6.07) is 9.11. The number of rotatable bonds is 4. The lowest BCUT2D eigenvalue weighted by Crippen LogP contribution is -2.48. The average Bonchev–Trinajstić information content (AvgIpc) is 2.87. The zero-order valence-corrected chi connectivity index (χ0v) is 12.4. The van der Waals surface area contributed by atoms with Crippen molar-refractivity contribution in [3.05, 3.63) is 60.2 Å². The minimum absolute atomic E-state index is 0.141. The van der Waals surface area contributed by atoms with E-state index in [0.29, 0.717) is 0 Å². The molecule has 1 aliphatic rings. The lowest BCUT2D eigenvalue weighted by atomic mass is 10.2. The van der Waals surface area contributed by atoms with Gasteiger partial charge in [0.05, 0.1) is 12.1 Å². The molecule has 3 amide bonds. The normalized spacial score (nSPS) is 17.2. The van der Waals surface area contributed by atoms with E-state index in [4.69, 9.17) is 0 Å². The zero-order chi connectivity index (χ0) is 17.1. The van der Waals surface area contributed by atoms with E-state index in [0.717, 1.165) is 11.0 Å². The molecule has 0 aliphatic carbocycles. The summed E-state index contributed by atoms with van der Waals surface area (Å²) in [5.41, 5.74) is 5.21. The first-order valence-electron chi connectivity index (χ1n) is 7.15. The summed E-state index contributed by atoms with van der Waals surface area (Å²) in [6.07, 6.45) is 1.32. The molecule has 8 heteroatoms. The van der Waals surface area contributed by atoms with Gasteiger partial charge in [-0.3, -0.25) is 24.8 Å². The molecule has 0 bridgehead atoms.